The molecule has 0 saturated carbocycles. The van der Waals surface area contributed by atoms with E-state index in [9.17, 15) is 0 Å². The van der Waals surface area contributed by atoms with Crippen LogP contribution in [0.4, 0.5) is 0 Å². The van der Waals surface area contributed by atoms with Crippen molar-refractivity contribution in [1.82, 2.24) is 15.0 Å². The summed E-state index contributed by atoms with van der Waals surface area (Å²) < 4.78 is 23.0. The molecule has 3 unspecified atom stereocenters. The summed E-state index contributed by atoms with van der Waals surface area (Å²) in [4.78, 5) is 12.2. The second-order valence-corrected chi connectivity index (χ2v) is 7.93. The molecule has 2 saturated heterocycles. The predicted octanol–water partition coefficient (Wildman–Crippen LogP) is 3.51. The van der Waals surface area contributed by atoms with Gasteiger partial charge in [0, 0.05) is 12.0 Å². The summed E-state index contributed by atoms with van der Waals surface area (Å²) in [7, 11) is 0. The zero-order chi connectivity index (χ0) is 20.7. The van der Waals surface area contributed by atoms with Gasteiger partial charge < -0.3 is 23.9 Å². The maximum Gasteiger partial charge on any atom is 0.296 e. The number of aromatic amines is 1. The van der Waals surface area contributed by atoms with Crippen molar-refractivity contribution in [2.45, 2.75) is 31.2 Å². The van der Waals surface area contributed by atoms with Crippen molar-refractivity contribution >= 4 is 22.8 Å². The molecule has 9 heteroatoms. The van der Waals surface area contributed by atoms with Crippen LogP contribution in [-0.2, 0) is 9.47 Å². The molecule has 1 N–H and O–H groups in total. The highest BCUT2D eigenvalue weighted by Crippen LogP contribution is 2.38. The fourth-order valence-electron chi connectivity index (χ4n) is 3.94. The molecule has 2 aliphatic heterocycles. The van der Waals surface area contributed by atoms with Gasteiger partial charge in [-0.05, 0) is 37.3 Å². The monoisotopic (exact) mass is 426 g/mol. The van der Waals surface area contributed by atoms with Gasteiger partial charge in [0.2, 0.25) is 0 Å². The van der Waals surface area contributed by atoms with Gasteiger partial charge in [-0.15, -0.1) is 0 Å². The summed E-state index contributed by atoms with van der Waals surface area (Å²) in [5.41, 5.74) is 2.31. The van der Waals surface area contributed by atoms with Gasteiger partial charge >= 0.3 is 0 Å². The topological polar surface area (TPSA) is 102 Å². The van der Waals surface area contributed by atoms with E-state index in [1.54, 1.807) is 18.2 Å². The Labute approximate surface area is 177 Å². The Bertz CT molecular complexity index is 1130. The number of ether oxygens (including phenoxy) is 4. The molecule has 1 aromatic carbocycles. The van der Waals surface area contributed by atoms with Crippen molar-refractivity contribution in [2.75, 3.05) is 19.8 Å². The van der Waals surface area contributed by atoms with Gasteiger partial charge in [0.05, 0.1) is 35.0 Å². The molecule has 0 radical (unpaired) electrons. The number of H-pyrrole nitrogens is 1. The Balaban J connectivity index is 1.39. The molecule has 2 aromatic heterocycles. The van der Waals surface area contributed by atoms with Gasteiger partial charge in [-0.2, -0.15) is 10.2 Å². The first-order valence-corrected chi connectivity index (χ1v) is 10.0. The van der Waals surface area contributed by atoms with Crippen molar-refractivity contribution in [3.63, 3.8) is 0 Å². The molecule has 3 atom stereocenters. The van der Waals surface area contributed by atoms with E-state index in [1.807, 2.05) is 18.2 Å². The lowest BCUT2D eigenvalue weighted by Crippen LogP contribution is -2.39. The highest BCUT2D eigenvalue weighted by Gasteiger charge is 2.52. The van der Waals surface area contributed by atoms with E-state index in [2.05, 4.69) is 21.9 Å². The van der Waals surface area contributed by atoms with E-state index >= 15 is 0 Å². The van der Waals surface area contributed by atoms with Crippen molar-refractivity contribution in [2.24, 2.45) is 0 Å². The zero-order valence-electron chi connectivity index (χ0n) is 16.2. The Hall–Kier alpha value is -2.86. The largest absolute Gasteiger partial charge is 0.479 e. The number of halogens is 1. The number of rotatable bonds is 5. The summed E-state index contributed by atoms with van der Waals surface area (Å²) in [6.45, 7) is 3.17. The molecule has 0 spiro atoms. The van der Waals surface area contributed by atoms with Crippen LogP contribution in [0.25, 0.3) is 22.4 Å². The van der Waals surface area contributed by atoms with Crippen molar-refractivity contribution < 1.29 is 18.9 Å². The van der Waals surface area contributed by atoms with Crippen LogP contribution in [0.3, 0.4) is 0 Å². The van der Waals surface area contributed by atoms with Crippen LogP contribution in [0.1, 0.15) is 13.3 Å². The number of fused-ring (bicyclic) bond motifs is 2. The first-order valence-electron chi connectivity index (χ1n) is 9.64. The molecule has 5 rings (SSSR count). The minimum Gasteiger partial charge on any atom is -0.479 e. The lowest BCUT2D eigenvalue weighted by atomic mass is 9.97. The molecule has 154 valence electrons. The van der Waals surface area contributed by atoms with Crippen LogP contribution in [-0.4, -0.2) is 52.6 Å². The Kier molecular flexibility index (Phi) is 4.74. The number of nitrogens with one attached hydrogen (secondary N) is 1. The van der Waals surface area contributed by atoms with E-state index in [-0.39, 0.29) is 24.4 Å². The number of benzene rings is 1. The summed E-state index contributed by atoms with van der Waals surface area (Å²) >= 11 is 6.47. The molecule has 3 aromatic rings. The van der Waals surface area contributed by atoms with Crippen LogP contribution >= 0.6 is 11.6 Å². The fraction of sp³-hybridized carbons (Fsp3) is 0.381. The maximum atomic E-state index is 8.61. The number of pyridine rings is 1. The molecule has 4 heterocycles. The molecular weight excluding hydrogens is 408 g/mol. The number of aromatic nitrogens is 3. The maximum absolute atomic E-state index is 8.61. The quantitative estimate of drug-likeness (QED) is 0.665. The Morgan fingerprint density at radius 3 is 2.97 bits per heavy atom. The summed E-state index contributed by atoms with van der Waals surface area (Å²) in [6.07, 6.45) is 0.520. The minimum absolute atomic E-state index is 0.00254. The molecule has 0 bridgehead atoms. The number of hydrogen-bond donors (Lipinski definition) is 1. The van der Waals surface area contributed by atoms with Gasteiger partial charge in [-0.25, -0.2) is 4.98 Å². The van der Waals surface area contributed by atoms with Gasteiger partial charge in [0.25, 0.3) is 6.01 Å². The highest BCUT2D eigenvalue weighted by atomic mass is 35.5. The molecule has 2 fully saturated rings. The van der Waals surface area contributed by atoms with Crippen LogP contribution in [0.5, 0.6) is 11.8 Å². The van der Waals surface area contributed by atoms with Crippen LogP contribution in [0.2, 0.25) is 5.02 Å². The molecule has 30 heavy (non-hydrogen) atoms. The SMILES string of the molecule is CC12CCOC1C(Oc1nc3nc(-c4ccc(OCC#N)cc4)c(Cl)cc3[nH]1)CO2. The molecule has 0 amide bonds. The lowest BCUT2D eigenvalue weighted by molar-refractivity contribution is -0.0124. The predicted molar refractivity (Wildman–Crippen MR) is 109 cm³/mol. The Morgan fingerprint density at radius 2 is 2.17 bits per heavy atom. The van der Waals surface area contributed by atoms with Gasteiger partial charge in [0.15, 0.2) is 18.4 Å². The van der Waals surface area contributed by atoms with E-state index < -0.39 is 0 Å². The third-order valence-corrected chi connectivity index (χ3v) is 5.80. The molecule has 2 aliphatic rings. The molecule has 8 nitrogen and oxygen atoms in total. The first kappa shape index (κ1) is 19.1. The van der Waals surface area contributed by atoms with Crippen molar-refractivity contribution in [1.29, 1.82) is 5.26 Å². The standard InChI is InChI=1S/C21H19ClN4O4/c1-21-6-8-28-18(21)16(11-29-21)30-20-24-15-10-14(22)17(25-19(15)26-20)12-2-4-13(5-3-12)27-9-7-23/h2-5,10,16,18H,6,8-9,11H2,1H3,(H,24,25,26). The number of hydrogen-bond acceptors (Lipinski definition) is 7. The van der Waals surface area contributed by atoms with Gasteiger partial charge in [-0.1, -0.05) is 11.6 Å². The number of nitriles is 1. The molecule has 0 aliphatic carbocycles. The van der Waals surface area contributed by atoms with Crippen LogP contribution < -0.4 is 9.47 Å². The average Bonchev–Trinajstić information content (AvgIpc) is 3.39. The normalized spacial score (nSPS) is 25.2. The average molecular weight is 427 g/mol. The van der Waals surface area contributed by atoms with E-state index in [1.165, 1.54) is 0 Å². The summed E-state index contributed by atoms with van der Waals surface area (Å²) in [5.74, 6) is 0.605. The highest BCUT2D eigenvalue weighted by molar-refractivity contribution is 6.33. The summed E-state index contributed by atoms with van der Waals surface area (Å²) in [6, 6.07) is 11.3. The van der Waals surface area contributed by atoms with Gasteiger partial charge in [0.1, 0.15) is 17.9 Å². The lowest BCUT2D eigenvalue weighted by Gasteiger charge is -2.22. The van der Waals surface area contributed by atoms with Crippen LogP contribution in [0.15, 0.2) is 30.3 Å². The van der Waals surface area contributed by atoms with Crippen molar-refractivity contribution in [3.05, 3.63) is 35.4 Å². The fourth-order valence-corrected chi connectivity index (χ4v) is 4.20. The second-order valence-electron chi connectivity index (χ2n) is 7.52. The molecular formula is C21H19ClN4O4. The smallest absolute Gasteiger partial charge is 0.296 e. The van der Waals surface area contributed by atoms with Gasteiger partial charge in [-0.3, -0.25) is 0 Å². The van der Waals surface area contributed by atoms with E-state index in [0.717, 1.165) is 12.0 Å². The van der Waals surface area contributed by atoms with E-state index in [0.29, 0.717) is 46.9 Å². The number of imidazole rings is 1. The third-order valence-electron chi connectivity index (χ3n) is 5.51. The third kappa shape index (κ3) is 3.35. The van der Waals surface area contributed by atoms with E-state index in [4.69, 9.17) is 35.8 Å². The second kappa shape index (κ2) is 7.43. The first-order chi connectivity index (χ1) is 14.6. The van der Waals surface area contributed by atoms with Crippen LogP contribution in [0, 0.1) is 11.3 Å². The zero-order valence-corrected chi connectivity index (χ0v) is 17.0. The van der Waals surface area contributed by atoms with Crippen molar-refractivity contribution in [3.8, 4) is 29.1 Å². The minimum atomic E-state index is -0.297. The number of nitrogens with zero attached hydrogens (tertiary/aromatic N) is 3. The Morgan fingerprint density at radius 1 is 1.33 bits per heavy atom. The summed E-state index contributed by atoms with van der Waals surface area (Å²) in [5, 5.41) is 9.09.